The fourth-order valence-electron chi connectivity index (χ4n) is 1.79. The molecule has 1 aromatic carbocycles. The van der Waals surface area contributed by atoms with E-state index in [0.29, 0.717) is 5.56 Å². The molecule has 0 nitrogen and oxygen atoms in total. The summed E-state index contributed by atoms with van der Waals surface area (Å²) in [6, 6.07) is 3.99. The number of rotatable bonds is 3. The Hall–Kier alpha value is -0.700. The van der Waals surface area contributed by atoms with Crippen LogP contribution in [-0.4, -0.2) is 0 Å². The van der Waals surface area contributed by atoms with Crippen molar-refractivity contribution in [3.63, 3.8) is 0 Å². The fraction of sp³-hybridized carbons (Fsp3) is 0.500. The maximum Gasteiger partial charge on any atom is 0.416 e. The van der Waals surface area contributed by atoms with E-state index in [1.165, 1.54) is 12.1 Å². The van der Waals surface area contributed by atoms with Gasteiger partial charge in [-0.1, -0.05) is 37.9 Å². The predicted molar refractivity (Wildman–Crippen MR) is 59.8 cm³/mol. The Bertz CT molecular complexity index is 358. The maximum absolute atomic E-state index is 12.8. The van der Waals surface area contributed by atoms with Crippen LogP contribution in [0.25, 0.3) is 0 Å². The van der Waals surface area contributed by atoms with Gasteiger partial charge >= 0.3 is 6.18 Å². The minimum absolute atomic E-state index is 0.0982. The molecule has 0 amide bonds. The average Bonchev–Trinajstić information content (AvgIpc) is 2.16. The number of hydrogen-bond acceptors (Lipinski definition) is 0. The van der Waals surface area contributed by atoms with Crippen molar-refractivity contribution < 1.29 is 13.2 Å². The van der Waals surface area contributed by atoms with Gasteiger partial charge in [-0.2, -0.15) is 13.2 Å². The summed E-state index contributed by atoms with van der Waals surface area (Å²) >= 11 is 5.60. The van der Waals surface area contributed by atoms with Gasteiger partial charge in [0.1, 0.15) is 0 Å². The summed E-state index contributed by atoms with van der Waals surface area (Å²) in [5, 5.41) is 0.125. The summed E-state index contributed by atoms with van der Waals surface area (Å²) in [5.74, 6) is -0.0982. The zero-order valence-electron chi connectivity index (χ0n) is 9.24. The smallest absolute Gasteiger partial charge is 0.166 e. The maximum atomic E-state index is 12.8. The van der Waals surface area contributed by atoms with E-state index >= 15 is 0 Å². The van der Waals surface area contributed by atoms with Crippen molar-refractivity contribution in [2.24, 2.45) is 0 Å². The third kappa shape index (κ3) is 3.14. The molecule has 0 aliphatic carbocycles. The largest absolute Gasteiger partial charge is 0.416 e. The summed E-state index contributed by atoms with van der Waals surface area (Å²) in [5.41, 5.74) is -0.278. The highest BCUT2D eigenvalue weighted by Gasteiger charge is 2.34. The SMILES string of the molecule is CCCC(C)c1ccc(Cl)cc1C(F)(F)F. The van der Waals surface area contributed by atoms with Gasteiger partial charge in [0.05, 0.1) is 5.56 Å². The molecule has 1 rings (SSSR count). The molecule has 0 aliphatic heterocycles. The predicted octanol–water partition coefficient (Wildman–Crippen LogP) is 5.26. The normalized spacial score (nSPS) is 13.9. The van der Waals surface area contributed by atoms with E-state index in [9.17, 15) is 13.2 Å². The zero-order chi connectivity index (χ0) is 12.3. The number of benzene rings is 1. The first-order chi connectivity index (χ1) is 7.36. The van der Waals surface area contributed by atoms with Gasteiger partial charge in [0, 0.05) is 5.02 Å². The Labute approximate surface area is 98.4 Å². The Balaban J connectivity index is 3.18. The molecule has 1 atom stereocenters. The van der Waals surface area contributed by atoms with Crippen LogP contribution in [0.3, 0.4) is 0 Å². The third-order valence-corrected chi connectivity index (χ3v) is 2.81. The molecule has 0 fully saturated rings. The van der Waals surface area contributed by atoms with Crippen LogP contribution < -0.4 is 0 Å². The van der Waals surface area contributed by atoms with Crippen molar-refractivity contribution >= 4 is 11.6 Å². The lowest BCUT2D eigenvalue weighted by Crippen LogP contribution is -2.11. The average molecular weight is 251 g/mol. The van der Waals surface area contributed by atoms with Crippen molar-refractivity contribution in [2.45, 2.75) is 38.8 Å². The molecule has 1 unspecified atom stereocenters. The van der Waals surface area contributed by atoms with Crippen molar-refractivity contribution in [3.05, 3.63) is 34.3 Å². The lowest BCUT2D eigenvalue weighted by Gasteiger charge is -2.18. The topological polar surface area (TPSA) is 0 Å². The molecule has 0 saturated heterocycles. The van der Waals surface area contributed by atoms with E-state index in [1.807, 2.05) is 13.8 Å². The van der Waals surface area contributed by atoms with E-state index in [0.717, 1.165) is 18.9 Å². The van der Waals surface area contributed by atoms with Gasteiger partial charge in [-0.05, 0) is 30.0 Å². The van der Waals surface area contributed by atoms with Crippen LogP contribution in [0.5, 0.6) is 0 Å². The van der Waals surface area contributed by atoms with Gasteiger partial charge in [-0.15, -0.1) is 0 Å². The molecule has 0 saturated carbocycles. The van der Waals surface area contributed by atoms with Crippen LogP contribution >= 0.6 is 11.6 Å². The summed E-state index contributed by atoms with van der Waals surface area (Å²) < 4.78 is 38.3. The monoisotopic (exact) mass is 250 g/mol. The van der Waals surface area contributed by atoms with Crippen molar-refractivity contribution in [1.82, 2.24) is 0 Å². The van der Waals surface area contributed by atoms with Gasteiger partial charge in [-0.3, -0.25) is 0 Å². The lowest BCUT2D eigenvalue weighted by molar-refractivity contribution is -0.138. The second-order valence-corrected chi connectivity index (χ2v) is 4.36. The highest BCUT2D eigenvalue weighted by Crippen LogP contribution is 2.37. The minimum atomic E-state index is -4.33. The van der Waals surface area contributed by atoms with Crippen LogP contribution in [0, 0.1) is 0 Å². The highest BCUT2D eigenvalue weighted by molar-refractivity contribution is 6.30. The van der Waals surface area contributed by atoms with Crippen molar-refractivity contribution in [2.75, 3.05) is 0 Å². The molecular weight excluding hydrogens is 237 g/mol. The Morgan fingerprint density at radius 3 is 2.44 bits per heavy atom. The van der Waals surface area contributed by atoms with Gasteiger partial charge in [0.15, 0.2) is 0 Å². The van der Waals surface area contributed by atoms with Crippen LogP contribution in [0.2, 0.25) is 5.02 Å². The molecule has 4 heteroatoms. The highest BCUT2D eigenvalue weighted by atomic mass is 35.5. The lowest BCUT2D eigenvalue weighted by atomic mass is 9.92. The third-order valence-electron chi connectivity index (χ3n) is 2.57. The molecule has 0 bridgehead atoms. The Morgan fingerprint density at radius 1 is 1.31 bits per heavy atom. The number of halogens is 4. The zero-order valence-corrected chi connectivity index (χ0v) is 9.99. The summed E-state index contributed by atoms with van der Waals surface area (Å²) in [7, 11) is 0. The van der Waals surface area contributed by atoms with E-state index in [1.54, 1.807) is 0 Å². The van der Waals surface area contributed by atoms with Gasteiger partial charge < -0.3 is 0 Å². The summed E-state index contributed by atoms with van der Waals surface area (Å²) in [6.45, 7) is 3.77. The summed E-state index contributed by atoms with van der Waals surface area (Å²) in [6.07, 6.45) is -2.73. The van der Waals surface area contributed by atoms with E-state index in [4.69, 9.17) is 11.6 Å². The molecule has 0 aromatic heterocycles. The standard InChI is InChI=1S/C12H14ClF3/c1-3-4-8(2)10-6-5-9(13)7-11(10)12(14,15)16/h5-8H,3-4H2,1-2H3. The number of alkyl halides is 3. The fourth-order valence-corrected chi connectivity index (χ4v) is 1.96. The molecular formula is C12H14ClF3. The second kappa shape index (κ2) is 5.09. The first kappa shape index (κ1) is 13.4. The molecule has 0 aliphatic rings. The molecule has 0 radical (unpaired) electrons. The molecule has 90 valence electrons. The van der Waals surface area contributed by atoms with Crippen LogP contribution in [-0.2, 0) is 6.18 Å². The second-order valence-electron chi connectivity index (χ2n) is 3.92. The first-order valence-electron chi connectivity index (χ1n) is 5.23. The van der Waals surface area contributed by atoms with Gasteiger partial charge in [0.2, 0.25) is 0 Å². The van der Waals surface area contributed by atoms with E-state index < -0.39 is 11.7 Å². The number of hydrogen-bond donors (Lipinski definition) is 0. The van der Waals surface area contributed by atoms with Gasteiger partial charge in [0.25, 0.3) is 0 Å². The van der Waals surface area contributed by atoms with E-state index in [-0.39, 0.29) is 10.9 Å². The van der Waals surface area contributed by atoms with Crippen LogP contribution in [0.1, 0.15) is 43.7 Å². The summed E-state index contributed by atoms with van der Waals surface area (Å²) in [4.78, 5) is 0. The quantitative estimate of drug-likeness (QED) is 0.686. The van der Waals surface area contributed by atoms with Crippen molar-refractivity contribution in [1.29, 1.82) is 0 Å². The molecule has 0 heterocycles. The van der Waals surface area contributed by atoms with Crippen LogP contribution in [0.4, 0.5) is 13.2 Å². The van der Waals surface area contributed by atoms with E-state index in [2.05, 4.69) is 0 Å². The Kier molecular flexibility index (Phi) is 4.25. The van der Waals surface area contributed by atoms with Crippen LogP contribution in [0.15, 0.2) is 18.2 Å². The molecule has 0 spiro atoms. The van der Waals surface area contributed by atoms with Crippen molar-refractivity contribution in [3.8, 4) is 0 Å². The first-order valence-corrected chi connectivity index (χ1v) is 5.60. The molecule has 0 N–H and O–H groups in total. The van der Waals surface area contributed by atoms with Gasteiger partial charge in [-0.25, -0.2) is 0 Å². The molecule has 1 aromatic rings. The molecule has 16 heavy (non-hydrogen) atoms. The minimum Gasteiger partial charge on any atom is -0.166 e. The Morgan fingerprint density at radius 2 is 1.94 bits per heavy atom.